The zero-order valence-electron chi connectivity index (χ0n) is 12.2. The van der Waals surface area contributed by atoms with Gasteiger partial charge in [0.2, 0.25) is 0 Å². The SMILES string of the molecule is COc1ccc(N(C)c2ccc(OC)cc2OC)cc1. The molecule has 0 N–H and O–H groups in total. The van der Waals surface area contributed by atoms with Gasteiger partial charge in [-0.3, -0.25) is 0 Å². The van der Waals surface area contributed by atoms with Crippen molar-refractivity contribution >= 4 is 11.4 Å². The molecular weight excluding hydrogens is 254 g/mol. The Morgan fingerprint density at radius 3 is 1.90 bits per heavy atom. The molecule has 0 radical (unpaired) electrons. The van der Waals surface area contributed by atoms with Gasteiger partial charge >= 0.3 is 0 Å². The van der Waals surface area contributed by atoms with Crippen molar-refractivity contribution < 1.29 is 14.2 Å². The molecular formula is C16H19NO3. The van der Waals surface area contributed by atoms with Crippen LogP contribution in [0.5, 0.6) is 17.2 Å². The highest BCUT2D eigenvalue weighted by atomic mass is 16.5. The van der Waals surface area contributed by atoms with Crippen LogP contribution in [0.25, 0.3) is 0 Å². The Balaban J connectivity index is 2.33. The largest absolute Gasteiger partial charge is 0.497 e. The maximum Gasteiger partial charge on any atom is 0.146 e. The van der Waals surface area contributed by atoms with Crippen LogP contribution in [-0.2, 0) is 0 Å². The predicted octanol–water partition coefficient (Wildman–Crippen LogP) is 3.48. The van der Waals surface area contributed by atoms with Crippen LogP contribution in [0.1, 0.15) is 0 Å². The lowest BCUT2D eigenvalue weighted by Gasteiger charge is -2.22. The third-order valence-electron chi connectivity index (χ3n) is 3.21. The summed E-state index contributed by atoms with van der Waals surface area (Å²) in [5.74, 6) is 2.38. The molecule has 0 atom stereocenters. The Hall–Kier alpha value is -2.36. The molecule has 0 saturated heterocycles. The van der Waals surface area contributed by atoms with E-state index in [-0.39, 0.29) is 0 Å². The summed E-state index contributed by atoms with van der Waals surface area (Å²) in [5.41, 5.74) is 2.02. The molecule has 0 aliphatic rings. The molecule has 20 heavy (non-hydrogen) atoms. The van der Waals surface area contributed by atoms with E-state index in [9.17, 15) is 0 Å². The molecule has 0 aromatic heterocycles. The van der Waals surface area contributed by atoms with E-state index in [1.54, 1.807) is 21.3 Å². The Bertz CT molecular complexity index is 566. The normalized spacial score (nSPS) is 10.0. The van der Waals surface area contributed by atoms with Crippen LogP contribution < -0.4 is 19.1 Å². The lowest BCUT2D eigenvalue weighted by molar-refractivity contribution is 0.395. The van der Waals surface area contributed by atoms with Gasteiger partial charge in [-0.05, 0) is 36.4 Å². The van der Waals surface area contributed by atoms with Crippen LogP contribution in [0.15, 0.2) is 42.5 Å². The van der Waals surface area contributed by atoms with Gasteiger partial charge in [-0.15, -0.1) is 0 Å². The molecule has 0 heterocycles. The van der Waals surface area contributed by atoms with Crippen LogP contribution in [0, 0.1) is 0 Å². The van der Waals surface area contributed by atoms with Crippen LogP contribution in [0.3, 0.4) is 0 Å². The van der Waals surface area contributed by atoms with Gasteiger partial charge in [-0.25, -0.2) is 0 Å². The first-order valence-corrected chi connectivity index (χ1v) is 6.29. The Labute approximate surface area is 119 Å². The minimum atomic E-state index is 0.766. The highest BCUT2D eigenvalue weighted by molar-refractivity contribution is 5.70. The molecule has 2 aromatic carbocycles. The molecule has 0 unspecified atom stereocenters. The molecule has 0 aliphatic heterocycles. The number of hydrogen-bond acceptors (Lipinski definition) is 4. The second-order valence-corrected chi connectivity index (χ2v) is 4.29. The Kier molecular flexibility index (Phi) is 4.35. The van der Waals surface area contributed by atoms with Crippen molar-refractivity contribution in [3.05, 3.63) is 42.5 Å². The maximum absolute atomic E-state index is 5.43. The van der Waals surface area contributed by atoms with Crippen molar-refractivity contribution in [1.29, 1.82) is 0 Å². The van der Waals surface area contributed by atoms with Gasteiger partial charge in [-0.1, -0.05) is 0 Å². The monoisotopic (exact) mass is 273 g/mol. The van der Waals surface area contributed by atoms with E-state index < -0.39 is 0 Å². The topological polar surface area (TPSA) is 30.9 Å². The van der Waals surface area contributed by atoms with Crippen molar-refractivity contribution in [1.82, 2.24) is 0 Å². The standard InChI is InChI=1S/C16H19NO3/c1-17(12-5-7-13(18-2)8-6-12)15-10-9-14(19-3)11-16(15)20-4/h5-11H,1-4H3. The predicted molar refractivity (Wildman–Crippen MR) is 80.6 cm³/mol. The summed E-state index contributed by atoms with van der Waals surface area (Å²) >= 11 is 0. The Morgan fingerprint density at radius 1 is 0.750 bits per heavy atom. The summed E-state index contributed by atoms with van der Waals surface area (Å²) in [6.45, 7) is 0. The lowest BCUT2D eigenvalue weighted by Crippen LogP contribution is -2.10. The molecule has 4 nitrogen and oxygen atoms in total. The molecule has 0 amide bonds. The lowest BCUT2D eigenvalue weighted by atomic mass is 10.2. The minimum absolute atomic E-state index is 0.766. The number of ether oxygens (including phenoxy) is 3. The summed E-state index contributed by atoms with van der Waals surface area (Å²) in [4.78, 5) is 2.05. The van der Waals surface area contributed by atoms with Crippen molar-refractivity contribution in [2.24, 2.45) is 0 Å². The fourth-order valence-electron chi connectivity index (χ4n) is 2.01. The molecule has 0 fully saturated rings. The molecule has 0 spiro atoms. The number of hydrogen-bond donors (Lipinski definition) is 0. The van der Waals surface area contributed by atoms with Gasteiger partial charge in [-0.2, -0.15) is 0 Å². The van der Waals surface area contributed by atoms with Gasteiger partial charge in [0, 0.05) is 18.8 Å². The van der Waals surface area contributed by atoms with E-state index in [0.29, 0.717) is 0 Å². The fourth-order valence-corrected chi connectivity index (χ4v) is 2.01. The number of benzene rings is 2. The maximum atomic E-state index is 5.43. The van der Waals surface area contributed by atoms with E-state index in [1.807, 2.05) is 49.5 Å². The molecule has 0 bridgehead atoms. The second kappa shape index (κ2) is 6.19. The smallest absolute Gasteiger partial charge is 0.146 e. The third-order valence-corrected chi connectivity index (χ3v) is 3.21. The van der Waals surface area contributed by atoms with Gasteiger partial charge in [0.05, 0.1) is 27.0 Å². The van der Waals surface area contributed by atoms with E-state index in [1.165, 1.54) is 0 Å². The van der Waals surface area contributed by atoms with Crippen molar-refractivity contribution in [2.75, 3.05) is 33.3 Å². The summed E-state index contributed by atoms with van der Waals surface area (Å²) in [6.07, 6.45) is 0. The van der Waals surface area contributed by atoms with E-state index >= 15 is 0 Å². The summed E-state index contributed by atoms with van der Waals surface area (Å²) in [7, 11) is 6.94. The van der Waals surface area contributed by atoms with Crippen LogP contribution in [-0.4, -0.2) is 28.4 Å². The van der Waals surface area contributed by atoms with Gasteiger partial charge in [0.25, 0.3) is 0 Å². The van der Waals surface area contributed by atoms with Crippen molar-refractivity contribution in [2.45, 2.75) is 0 Å². The average Bonchev–Trinajstić information content (AvgIpc) is 2.53. The number of anilines is 2. The van der Waals surface area contributed by atoms with Crippen LogP contribution in [0.4, 0.5) is 11.4 Å². The number of rotatable bonds is 5. The highest BCUT2D eigenvalue weighted by Crippen LogP contribution is 2.35. The van der Waals surface area contributed by atoms with E-state index in [0.717, 1.165) is 28.6 Å². The Morgan fingerprint density at radius 2 is 1.35 bits per heavy atom. The molecule has 0 saturated carbocycles. The summed E-state index contributed by atoms with van der Waals surface area (Å²) in [5, 5.41) is 0. The van der Waals surface area contributed by atoms with Gasteiger partial charge in [0.1, 0.15) is 17.2 Å². The van der Waals surface area contributed by atoms with E-state index in [4.69, 9.17) is 14.2 Å². The minimum Gasteiger partial charge on any atom is -0.497 e. The first kappa shape index (κ1) is 14.1. The molecule has 4 heteroatoms. The number of nitrogens with zero attached hydrogens (tertiary/aromatic N) is 1. The zero-order chi connectivity index (χ0) is 14.5. The fraction of sp³-hybridized carbons (Fsp3) is 0.250. The van der Waals surface area contributed by atoms with Gasteiger partial charge in [0.15, 0.2) is 0 Å². The average molecular weight is 273 g/mol. The van der Waals surface area contributed by atoms with Gasteiger partial charge < -0.3 is 19.1 Å². The third kappa shape index (κ3) is 2.79. The highest BCUT2D eigenvalue weighted by Gasteiger charge is 2.11. The zero-order valence-corrected chi connectivity index (χ0v) is 12.2. The molecule has 2 rings (SSSR count). The molecule has 2 aromatic rings. The summed E-state index contributed by atoms with van der Waals surface area (Å²) < 4.78 is 15.8. The quantitative estimate of drug-likeness (QED) is 0.834. The first-order chi connectivity index (χ1) is 9.69. The first-order valence-electron chi connectivity index (χ1n) is 6.29. The molecule has 0 aliphatic carbocycles. The summed E-state index contributed by atoms with van der Waals surface area (Å²) in [6, 6.07) is 13.6. The van der Waals surface area contributed by atoms with Crippen LogP contribution in [0.2, 0.25) is 0 Å². The number of methoxy groups -OCH3 is 3. The second-order valence-electron chi connectivity index (χ2n) is 4.29. The van der Waals surface area contributed by atoms with E-state index in [2.05, 4.69) is 4.90 Å². The molecule has 106 valence electrons. The van der Waals surface area contributed by atoms with Crippen molar-refractivity contribution in [3.63, 3.8) is 0 Å². The van der Waals surface area contributed by atoms with Crippen LogP contribution >= 0.6 is 0 Å². The van der Waals surface area contributed by atoms with Crippen molar-refractivity contribution in [3.8, 4) is 17.2 Å².